The van der Waals surface area contributed by atoms with Gasteiger partial charge in [0, 0.05) is 18.8 Å². The third-order valence-corrected chi connectivity index (χ3v) is 7.08. The highest BCUT2D eigenvalue weighted by molar-refractivity contribution is 7.09. The van der Waals surface area contributed by atoms with Gasteiger partial charge in [-0.15, -0.1) is 0 Å². The molecule has 37 heavy (non-hydrogen) atoms. The highest BCUT2D eigenvalue weighted by atomic mass is 32.1. The van der Waals surface area contributed by atoms with Gasteiger partial charge in [0.2, 0.25) is 5.91 Å². The number of anilines is 2. The lowest BCUT2D eigenvalue weighted by Gasteiger charge is -2.33. The Kier molecular flexibility index (Phi) is 8.14. The van der Waals surface area contributed by atoms with Gasteiger partial charge < -0.3 is 21.5 Å². The van der Waals surface area contributed by atoms with Gasteiger partial charge in [-0.1, -0.05) is 37.3 Å². The minimum Gasteiger partial charge on any atom is -0.395 e. The molecule has 0 spiro atoms. The van der Waals surface area contributed by atoms with E-state index in [0.29, 0.717) is 24.3 Å². The van der Waals surface area contributed by atoms with Crippen molar-refractivity contribution in [2.45, 2.75) is 38.3 Å². The summed E-state index contributed by atoms with van der Waals surface area (Å²) in [6.07, 6.45) is 2.16. The third-order valence-electron chi connectivity index (χ3n) is 6.23. The largest absolute Gasteiger partial charge is 0.395 e. The number of ether oxygens (including phenoxy) is 1. The Bertz CT molecular complexity index is 1290. The summed E-state index contributed by atoms with van der Waals surface area (Å²) in [4.78, 5) is 40.9. The fourth-order valence-electron chi connectivity index (χ4n) is 4.33. The van der Waals surface area contributed by atoms with Crippen molar-refractivity contribution in [1.82, 2.24) is 9.69 Å². The van der Waals surface area contributed by atoms with Crippen LogP contribution < -0.4 is 21.7 Å². The van der Waals surface area contributed by atoms with Gasteiger partial charge in [-0.3, -0.25) is 19.3 Å². The highest BCUT2D eigenvalue weighted by Gasteiger charge is 2.37. The van der Waals surface area contributed by atoms with Gasteiger partial charge in [-0.25, -0.2) is 4.39 Å². The van der Waals surface area contributed by atoms with E-state index in [1.807, 2.05) is 19.1 Å². The number of rotatable bonds is 9. The number of para-hydroxylation sites is 1. The molecule has 1 saturated heterocycles. The van der Waals surface area contributed by atoms with Gasteiger partial charge in [-0.05, 0) is 60.1 Å². The van der Waals surface area contributed by atoms with Crippen LogP contribution in [0.1, 0.15) is 57.1 Å². The number of hydrogen-bond acceptors (Lipinski definition) is 7. The monoisotopic (exact) mass is 525 g/mol. The molecule has 1 aliphatic rings. The number of carbonyl (C=O) groups is 3. The van der Waals surface area contributed by atoms with E-state index in [9.17, 15) is 18.8 Å². The average molecular weight is 526 g/mol. The van der Waals surface area contributed by atoms with Crippen molar-refractivity contribution < 1.29 is 23.5 Å². The van der Waals surface area contributed by atoms with Crippen molar-refractivity contribution in [3.05, 3.63) is 76.0 Å². The number of amides is 3. The van der Waals surface area contributed by atoms with Crippen LogP contribution in [0.15, 0.2) is 48.5 Å². The van der Waals surface area contributed by atoms with Gasteiger partial charge >= 0.3 is 0 Å². The van der Waals surface area contributed by atoms with E-state index in [-0.39, 0.29) is 28.9 Å². The molecule has 0 saturated carbocycles. The van der Waals surface area contributed by atoms with E-state index in [2.05, 4.69) is 9.69 Å². The minimum atomic E-state index is -1.18. The van der Waals surface area contributed by atoms with E-state index < -0.39 is 29.6 Å². The molecule has 1 aromatic heterocycles. The first kappa shape index (κ1) is 26.2. The molecular weight excluding hydrogens is 497 g/mol. The molecule has 5 N–H and O–H groups in total. The second-order valence-corrected chi connectivity index (χ2v) is 9.40. The Hall–Kier alpha value is -3.83. The molecule has 4 rings (SSSR count). The van der Waals surface area contributed by atoms with Crippen LogP contribution in [0.5, 0.6) is 0 Å². The lowest BCUT2D eigenvalue weighted by Crippen LogP contribution is -2.46. The summed E-state index contributed by atoms with van der Waals surface area (Å²) in [6, 6.07) is 11.4. The highest BCUT2D eigenvalue weighted by Crippen LogP contribution is 2.35. The van der Waals surface area contributed by atoms with Gasteiger partial charge in [-0.2, -0.15) is 4.37 Å². The summed E-state index contributed by atoms with van der Waals surface area (Å²) in [5.74, 6) is -2.45. The fourth-order valence-corrected chi connectivity index (χ4v) is 5.07. The van der Waals surface area contributed by atoms with Crippen LogP contribution in [0.4, 0.5) is 15.8 Å². The van der Waals surface area contributed by atoms with Crippen LogP contribution >= 0.6 is 11.5 Å². The Morgan fingerprint density at radius 1 is 1.22 bits per heavy atom. The molecule has 3 aromatic rings. The molecule has 2 heterocycles. The van der Waals surface area contributed by atoms with Crippen LogP contribution in [-0.4, -0.2) is 41.4 Å². The maximum Gasteiger partial charge on any atom is 0.273 e. The van der Waals surface area contributed by atoms with E-state index in [1.165, 1.54) is 29.2 Å². The lowest BCUT2D eigenvalue weighted by atomic mass is 10.00. The predicted octanol–water partition coefficient (Wildman–Crippen LogP) is 3.21. The number of aromatic nitrogens is 1. The standard InChI is InChI=1S/C26H28FN5O4S/c1-2-15-6-3-4-8-19(15)32(26(35)23-20(28)21(24(29)33)31-37-23)22(16-9-11-17(27)12-10-16)25(34)30-14-18-7-5-13-36-18/h3-4,6,8-12,18,22H,2,5,7,13-14,28H2,1H3,(H2,29,33)(H,30,34)/t18-,22-/m0/s1. The Balaban J connectivity index is 1.84. The number of nitrogen functional groups attached to an aromatic ring is 1. The third kappa shape index (κ3) is 5.62. The summed E-state index contributed by atoms with van der Waals surface area (Å²) < 4.78 is 23.4. The van der Waals surface area contributed by atoms with Crippen molar-refractivity contribution in [1.29, 1.82) is 0 Å². The molecule has 0 aliphatic carbocycles. The van der Waals surface area contributed by atoms with Crippen molar-refractivity contribution >= 4 is 40.6 Å². The molecule has 9 nitrogen and oxygen atoms in total. The minimum absolute atomic E-state index is 0.0289. The first-order valence-electron chi connectivity index (χ1n) is 11.9. The number of primary amides is 1. The number of halogens is 1. The summed E-state index contributed by atoms with van der Waals surface area (Å²) >= 11 is 0.731. The zero-order valence-electron chi connectivity index (χ0n) is 20.3. The predicted molar refractivity (Wildman–Crippen MR) is 139 cm³/mol. The summed E-state index contributed by atoms with van der Waals surface area (Å²) in [5, 5.41) is 2.90. The van der Waals surface area contributed by atoms with E-state index in [4.69, 9.17) is 16.2 Å². The summed E-state index contributed by atoms with van der Waals surface area (Å²) in [5.41, 5.74) is 12.8. The second kappa shape index (κ2) is 11.5. The van der Waals surface area contributed by atoms with Crippen molar-refractivity contribution in [2.24, 2.45) is 5.73 Å². The van der Waals surface area contributed by atoms with Crippen molar-refractivity contribution in [3.63, 3.8) is 0 Å². The number of benzene rings is 2. The molecule has 11 heteroatoms. The average Bonchev–Trinajstić information content (AvgIpc) is 3.56. The fraction of sp³-hybridized carbons (Fsp3) is 0.308. The number of nitrogens with two attached hydrogens (primary N) is 2. The van der Waals surface area contributed by atoms with E-state index >= 15 is 0 Å². The number of carbonyl (C=O) groups excluding carboxylic acids is 3. The quantitative estimate of drug-likeness (QED) is 0.392. The van der Waals surface area contributed by atoms with Gasteiger partial charge in [0.1, 0.15) is 16.7 Å². The van der Waals surface area contributed by atoms with Crippen LogP contribution in [-0.2, 0) is 16.0 Å². The molecule has 0 bridgehead atoms. The SMILES string of the molecule is CCc1ccccc1N(C(=O)c1snc(C(N)=O)c1N)[C@H](C(=O)NC[C@@H]1CCCO1)c1ccc(F)cc1. The van der Waals surface area contributed by atoms with E-state index in [1.54, 1.807) is 12.1 Å². The molecule has 2 atom stereocenters. The van der Waals surface area contributed by atoms with Gasteiger partial charge in [0.05, 0.1) is 11.8 Å². The Labute approximate surface area is 217 Å². The molecule has 2 aromatic carbocycles. The normalized spacial score (nSPS) is 15.8. The van der Waals surface area contributed by atoms with E-state index in [0.717, 1.165) is 29.9 Å². The van der Waals surface area contributed by atoms with Crippen LogP contribution in [0.3, 0.4) is 0 Å². The first-order chi connectivity index (χ1) is 17.8. The van der Waals surface area contributed by atoms with Crippen LogP contribution in [0.25, 0.3) is 0 Å². The molecule has 1 fully saturated rings. The summed E-state index contributed by atoms with van der Waals surface area (Å²) in [7, 11) is 0. The topological polar surface area (TPSA) is 141 Å². The van der Waals surface area contributed by atoms with Crippen LogP contribution in [0, 0.1) is 5.82 Å². The maximum atomic E-state index is 14.1. The maximum absolute atomic E-state index is 14.1. The molecule has 194 valence electrons. The second-order valence-electron chi connectivity index (χ2n) is 8.63. The zero-order valence-corrected chi connectivity index (χ0v) is 21.1. The lowest BCUT2D eigenvalue weighted by molar-refractivity contribution is -0.123. The zero-order chi connectivity index (χ0) is 26.5. The van der Waals surface area contributed by atoms with Gasteiger partial charge in [0.15, 0.2) is 5.69 Å². The summed E-state index contributed by atoms with van der Waals surface area (Å²) in [6.45, 7) is 2.82. The number of nitrogens with zero attached hydrogens (tertiary/aromatic N) is 2. The molecule has 0 radical (unpaired) electrons. The van der Waals surface area contributed by atoms with Crippen molar-refractivity contribution in [2.75, 3.05) is 23.8 Å². The number of nitrogens with one attached hydrogen (secondary N) is 1. The molecule has 1 aliphatic heterocycles. The smallest absolute Gasteiger partial charge is 0.273 e. The molecule has 0 unspecified atom stereocenters. The van der Waals surface area contributed by atoms with Crippen molar-refractivity contribution in [3.8, 4) is 0 Å². The number of hydrogen-bond donors (Lipinski definition) is 3. The number of aryl methyl sites for hydroxylation is 1. The van der Waals surface area contributed by atoms with Gasteiger partial charge in [0.25, 0.3) is 11.8 Å². The Morgan fingerprint density at radius 2 is 1.95 bits per heavy atom. The first-order valence-corrected chi connectivity index (χ1v) is 12.7. The Morgan fingerprint density at radius 3 is 2.57 bits per heavy atom. The van der Waals surface area contributed by atoms with Crippen LogP contribution in [0.2, 0.25) is 0 Å². The molecule has 3 amide bonds. The molecular formula is C26H28FN5O4S.